The van der Waals surface area contributed by atoms with E-state index in [-0.39, 0.29) is 11.7 Å². The molecule has 0 saturated heterocycles. The van der Waals surface area contributed by atoms with Gasteiger partial charge in [0, 0.05) is 18.2 Å². The Kier molecular flexibility index (Phi) is 4.83. The lowest BCUT2D eigenvalue weighted by atomic mass is 9.86. The van der Waals surface area contributed by atoms with Crippen molar-refractivity contribution in [2.24, 2.45) is 5.92 Å². The molecule has 1 aromatic rings. The maximum absolute atomic E-state index is 11.9. The minimum Gasteiger partial charge on any atom is -0.508 e. The first-order valence-corrected chi connectivity index (χ1v) is 7.24. The summed E-state index contributed by atoms with van der Waals surface area (Å²) < 4.78 is 0. The standard InChI is InChI=1S/C16H23NO2/c1-12-7-9-14(11-15(12)18)17-16(19)10-8-13-5-3-2-4-6-13/h7,9,11,13,18H,2-6,8,10H2,1H3,(H,17,19). The number of benzene rings is 1. The van der Waals surface area contributed by atoms with Crippen molar-refractivity contribution in [3.63, 3.8) is 0 Å². The van der Waals surface area contributed by atoms with E-state index in [2.05, 4.69) is 5.32 Å². The van der Waals surface area contributed by atoms with Crippen molar-refractivity contribution in [1.29, 1.82) is 0 Å². The number of amides is 1. The molecule has 1 aliphatic carbocycles. The van der Waals surface area contributed by atoms with Crippen molar-refractivity contribution in [3.05, 3.63) is 23.8 Å². The molecule has 0 unspecified atom stereocenters. The lowest BCUT2D eigenvalue weighted by Crippen LogP contribution is -2.14. The topological polar surface area (TPSA) is 49.3 Å². The Balaban J connectivity index is 1.78. The number of phenolic OH excluding ortho intramolecular Hbond substituents is 1. The number of aryl methyl sites for hydroxylation is 1. The van der Waals surface area contributed by atoms with Crippen molar-refractivity contribution in [1.82, 2.24) is 0 Å². The maximum Gasteiger partial charge on any atom is 0.224 e. The number of phenols is 1. The van der Waals surface area contributed by atoms with Crippen molar-refractivity contribution < 1.29 is 9.90 Å². The largest absolute Gasteiger partial charge is 0.508 e. The van der Waals surface area contributed by atoms with Gasteiger partial charge in [-0.15, -0.1) is 0 Å². The fraction of sp³-hybridized carbons (Fsp3) is 0.562. The molecule has 1 amide bonds. The summed E-state index contributed by atoms with van der Waals surface area (Å²) in [6.07, 6.45) is 8.11. The van der Waals surface area contributed by atoms with Crippen LogP contribution in [0, 0.1) is 12.8 Å². The van der Waals surface area contributed by atoms with Gasteiger partial charge in [-0.3, -0.25) is 4.79 Å². The van der Waals surface area contributed by atoms with Gasteiger partial charge in [0.15, 0.2) is 0 Å². The number of aromatic hydroxyl groups is 1. The predicted octanol–water partition coefficient (Wildman–Crippen LogP) is 4.00. The molecule has 3 nitrogen and oxygen atoms in total. The normalized spacial score (nSPS) is 16.3. The molecule has 0 spiro atoms. The molecule has 104 valence electrons. The van der Waals surface area contributed by atoms with E-state index >= 15 is 0 Å². The lowest BCUT2D eigenvalue weighted by molar-refractivity contribution is -0.116. The van der Waals surface area contributed by atoms with Gasteiger partial charge >= 0.3 is 0 Å². The van der Waals surface area contributed by atoms with Gasteiger partial charge in [-0.1, -0.05) is 38.2 Å². The fourth-order valence-electron chi connectivity index (χ4n) is 2.72. The summed E-state index contributed by atoms with van der Waals surface area (Å²) in [5.74, 6) is 1.00. The third-order valence-electron chi connectivity index (χ3n) is 4.00. The van der Waals surface area contributed by atoms with Crippen molar-refractivity contribution in [2.45, 2.75) is 51.9 Å². The van der Waals surface area contributed by atoms with Crippen LogP contribution in [0.4, 0.5) is 5.69 Å². The van der Waals surface area contributed by atoms with Gasteiger partial charge in [0.2, 0.25) is 5.91 Å². The molecule has 0 heterocycles. The summed E-state index contributed by atoms with van der Waals surface area (Å²) in [4.78, 5) is 11.9. The number of rotatable bonds is 4. The Hall–Kier alpha value is -1.51. The molecule has 0 radical (unpaired) electrons. The van der Waals surface area contributed by atoms with Gasteiger partial charge in [0.1, 0.15) is 5.75 Å². The smallest absolute Gasteiger partial charge is 0.224 e. The second-order valence-electron chi connectivity index (χ2n) is 5.59. The number of nitrogens with one attached hydrogen (secondary N) is 1. The Morgan fingerprint density at radius 1 is 1.32 bits per heavy atom. The lowest BCUT2D eigenvalue weighted by Gasteiger charge is -2.21. The molecule has 3 heteroatoms. The molecule has 0 atom stereocenters. The fourth-order valence-corrected chi connectivity index (χ4v) is 2.72. The Bertz CT molecular complexity index is 436. The first-order chi connectivity index (χ1) is 9.15. The van der Waals surface area contributed by atoms with Crippen molar-refractivity contribution in [3.8, 4) is 5.75 Å². The highest BCUT2D eigenvalue weighted by Gasteiger charge is 2.14. The molecule has 1 aromatic carbocycles. The molecule has 1 aliphatic rings. The number of carbonyl (C=O) groups excluding carboxylic acids is 1. The molecule has 0 bridgehead atoms. The number of hydrogen-bond acceptors (Lipinski definition) is 2. The monoisotopic (exact) mass is 261 g/mol. The van der Waals surface area contributed by atoms with E-state index in [1.54, 1.807) is 6.07 Å². The zero-order valence-corrected chi connectivity index (χ0v) is 11.6. The molecule has 2 rings (SSSR count). The number of carbonyl (C=O) groups is 1. The molecule has 1 fully saturated rings. The van der Waals surface area contributed by atoms with Crippen LogP contribution in [0.3, 0.4) is 0 Å². The second kappa shape index (κ2) is 6.60. The highest BCUT2D eigenvalue weighted by Crippen LogP contribution is 2.27. The second-order valence-corrected chi connectivity index (χ2v) is 5.59. The quantitative estimate of drug-likeness (QED) is 0.860. The summed E-state index contributed by atoms with van der Waals surface area (Å²) >= 11 is 0. The highest BCUT2D eigenvalue weighted by atomic mass is 16.3. The van der Waals surface area contributed by atoms with E-state index in [0.29, 0.717) is 12.1 Å². The zero-order valence-electron chi connectivity index (χ0n) is 11.6. The SMILES string of the molecule is Cc1ccc(NC(=O)CCC2CCCCC2)cc1O. The van der Waals surface area contributed by atoms with Crippen LogP contribution in [-0.4, -0.2) is 11.0 Å². The molecular weight excluding hydrogens is 238 g/mol. The average molecular weight is 261 g/mol. The van der Waals surface area contributed by atoms with Gasteiger partial charge in [0.05, 0.1) is 0 Å². The van der Waals surface area contributed by atoms with Crippen molar-refractivity contribution >= 4 is 11.6 Å². The number of hydrogen-bond donors (Lipinski definition) is 2. The average Bonchev–Trinajstić information content (AvgIpc) is 2.42. The van der Waals surface area contributed by atoms with Crippen LogP contribution in [0.1, 0.15) is 50.5 Å². The van der Waals surface area contributed by atoms with E-state index in [0.717, 1.165) is 17.9 Å². The third-order valence-corrected chi connectivity index (χ3v) is 4.00. The van der Waals surface area contributed by atoms with E-state index in [1.807, 2.05) is 19.1 Å². The van der Waals surface area contributed by atoms with Crippen LogP contribution in [-0.2, 0) is 4.79 Å². The van der Waals surface area contributed by atoms with Crippen LogP contribution in [0.2, 0.25) is 0 Å². The van der Waals surface area contributed by atoms with Gasteiger partial charge < -0.3 is 10.4 Å². The molecule has 1 saturated carbocycles. The first kappa shape index (κ1) is 13.9. The Morgan fingerprint density at radius 3 is 2.74 bits per heavy atom. The van der Waals surface area contributed by atoms with E-state index in [4.69, 9.17) is 0 Å². The summed E-state index contributed by atoms with van der Waals surface area (Å²) in [6, 6.07) is 5.24. The first-order valence-electron chi connectivity index (χ1n) is 7.24. The van der Waals surface area contributed by atoms with Gasteiger partial charge in [-0.2, -0.15) is 0 Å². The van der Waals surface area contributed by atoms with Gasteiger partial charge in [-0.25, -0.2) is 0 Å². The van der Waals surface area contributed by atoms with Gasteiger partial charge in [0.25, 0.3) is 0 Å². The number of anilines is 1. The zero-order chi connectivity index (χ0) is 13.7. The summed E-state index contributed by atoms with van der Waals surface area (Å²) in [5, 5.41) is 12.4. The molecule has 2 N–H and O–H groups in total. The third kappa shape index (κ3) is 4.27. The molecule has 19 heavy (non-hydrogen) atoms. The molecule has 0 aliphatic heterocycles. The predicted molar refractivity (Wildman–Crippen MR) is 77.3 cm³/mol. The van der Waals surface area contributed by atoms with E-state index in [1.165, 1.54) is 32.1 Å². The minimum absolute atomic E-state index is 0.0498. The summed E-state index contributed by atoms with van der Waals surface area (Å²) in [6.45, 7) is 1.84. The van der Waals surface area contributed by atoms with Crippen LogP contribution >= 0.6 is 0 Å². The van der Waals surface area contributed by atoms with Crippen molar-refractivity contribution in [2.75, 3.05) is 5.32 Å². The van der Waals surface area contributed by atoms with Crippen LogP contribution in [0.15, 0.2) is 18.2 Å². The molecule has 0 aromatic heterocycles. The highest BCUT2D eigenvalue weighted by molar-refractivity contribution is 5.90. The minimum atomic E-state index is 0.0498. The van der Waals surface area contributed by atoms with E-state index in [9.17, 15) is 9.90 Å². The maximum atomic E-state index is 11.9. The summed E-state index contributed by atoms with van der Waals surface area (Å²) in [5.41, 5.74) is 1.50. The summed E-state index contributed by atoms with van der Waals surface area (Å²) in [7, 11) is 0. The van der Waals surface area contributed by atoms with Gasteiger partial charge in [-0.05, 0) is 30.9 Å². The Morgan fingerprint density at radius 2 is 2.05 bits per heavy atom. The van der Waals surface area contributed by atoms with Crippen LogP contribution < -0.4 is 5.32 Å². The van der Waals surface area contributed by atoms with E-state index < -0.39 is 0 Å². The Labute approximate surface area is 115 Å². The molecular formula is C16H23NO2. The van der Waals surface area contributed by atoms with Crippen LogP contribution in [0.25, 0.3) is 0 Å². The van der Waals surface area contributed by atoms with Crippen LogP contribution in [0.5, 0.6) is 5.75 Å².